The van der Waals surface area contributed by atoms with Crippen molar-refractivity contribution in [3.05, 3.63) is 94.8 Å². The molecular formula is C27H27ClF3NO2. The molecule has 1 atom stereocenters. The lowest BCUT2D eigenvalue weighted by Gasteiger charge is -2.20. The molecule has 3 rings (SSSR count). The summed E-state index contributed by atoms with van der Waals surface area (Å²) >= 11 is 6.47. The smallest absolute Gasteiger partial charge is 0.416 e. The summed E-state index contributed by atoms with van der Waals surface area (Å²) in [5.74, 6) is 0.645. The lowest BCUT2D eigenvalue weighted by molar-refractivity contribution is -0.137. The maximum atomic E-state index is 12.9. The van der Waals surface area contributed by atoms with Gasteiger partial charge in [0, 0.05) is 12.0 Å². The molecule has 0 saturated heterocycles. The fourth-order valence-corrected chi connectivity index (χ4v) is 3.76. The molecule has 3 nitrogen and oxygen atoms in total. The first kappa shape index (κ1) is 25.6. The molecule has 1 aromatic heterocycles. The third-order valence-electron chi connectivity index (χ3n) is 5.40. The van der Waals surface area contributed by atoms with Gasteiger partial charge in [0.1, 0.15) is 11.9 Å². The number of nitrogens with zero attached hydrogens (tertiary/aromatic N) is 1. The Balaban J connectivity index is 1.84. The number of ether oxygens (including phenoxy) is 1. The molecule has 34 heavy (non-hydrogen) atoms. The van der Waals surface area contributed by atoms with E-state index in [-0.39, 0.29) is 11.9 Å². The summed E-state index contributed by atoms with van der Waals surface area (Å²) in [7, 11) is 0. The number of rotatable bonds is 10. The Morgan fingerprint density at radius 1 is 1.12 bits per heavy atom. The summed E-state index contributed by atoms with van der Waals surface area (Å²) in [5, 5.41) is 9.77. The summed E-state index contributed by atoms with van der Waals surface area (Å²) in [4.78, 5) is 4.69. The molecule has 2 aromatic carbocycles. The van der Waals surface area contributed by atoms with Gasteiger partial charge in [-0.1, -0.05) is 55.8 Å². The van der Waals surface area contributed by atoms with E-state index in [2.05, 4.69) is 13.5 Å². The number of benzene rings is 2. The van der Waals surface area contributed by atoms with Crippen LogP contribution in [0.5, 0.6) is 5.75 Å². The average Bonchev–Trinajstić information content (AvgIpc) is 2.81. The van der Waals surface area contributed by atoms with Crippen LogP contribution in [0, 0.1) is 0 Å². The maximum Gasteiger partial charge on any atom is 0.416 e. The highest BCUT2D eigenvalue weighted by Gasteiger charge is 2.30. The van der Waals surface area contributed by atoms with Crippen molar-refractivity contribution < 1.29 is 23.0 Å². The Labute approximate surface area is 202 Å². The van der Waals surface area contributed by atoms with Crippen LogP contribution in [0.1, 0.15) is 55.5 Å². The van der Waals surface area contributed by atoms with Crippen LogP contribution < -0.4 is 4.74 Å². The molecule has 0 amide bonds. The summed E-state index contributed by atoms with van der Waals surface area (Å²) in [6, 6.07) is 15.9. The highest BCUT2D eigenvalue weighted by atomic mass is 35.5. The number of aromatic nitrogens is 1. The van der Waals surface area contributed by atoms with Crippen molar-refractivity contribution in [1.82, 2.24) is 4.98 Å². The van der Waals surface area contributed by atoms with Crippen molar-refractivity contribution in [3.63, 3.8) is 0 Å². The van der Waals surface area contributed by atoms with Gasteiger partial charge in [-0.15, -0.1) is 0 Å². The number of pyridine rings is 1. The molecule has 0 aliphatic heterocycles. The molecular weight excluding hydrogens is 463 g/mol. The molecule has 0 fully saturated rings. The lowest BCUT2D eigenvalue weighted by Crippen LogP contribution is -2.10. The van der Waals surface area contributed by atoms with Gasteiger partial charge in [-0.05, 0) is 61.2 Å². The first-order chi connectivity index (χ1) is 16.2. The van der Waals surface area contributed by atoms with E-state index in [0.29, 0.717) is 47.0 Å². The summed E-state index contributed by atoms with van der Waals surface area (Å²) < 4.78 is 44.9. The van der Waals surface area contributed by atoms with Crippen molar-refractivity contribution in [3.8, 4) is 17.0 Å². The summed E-state index contributed by atoms with van der Waals surface area (Å²) in [6.07, 6.45) is -1.09. The third-order valence-corrected chi connectivity index (χ3v) is 5.69. The van der Waals surface area contributed by atoms with Crippen molar-refractivity contribution in [1.29, 1.82) is 0 Å². The first-order valence-electron chi connectivity index (χ1n) is 11.1. The van der Waals surface area contributed by atoms with Crippen LogP contribution in [-0.2, 0) is 12.6 Å². The molecule has 0 spiro atoms. The Bertz CT molecular complexity index is 1110. The SMILES string of the molecule is C=C(O)CCc1ccc(OC(CCCC)c2cccc(-c3ccc(C(F)(F)F)cc3)n2)c(Cl)c1. The molecule has 0 bridgehead atoms. The minimum absolute atomic E-state index is 0.120. The van der Waals surface area contributed by atoms with Gasteiger partial charge in [0.2, 0.25) is 0 Å². The van der Waals surface area contributed by atoms with E-state index in [9.17, 15) is 18.3 Å². The fraction of sp³-hybridized carbons (Fsp3) is 0.296. The van der Waals surface area contributed by atoms with Crippen LogP contribution in [0.3, 0.4) is 0 Å². The minimum atomic E-state index is -4.38. The zero-order chi connectivity index (χ0) is 24.7. The van der Waals surface area contributed by atoms with E-state index < -0.39 is 11.7 Å². The first-order valence-corrected chi connectivity index (χ1v) is 11.5. The topological polar surface area (TPSA) is 42.4 Å². The van der Waals surface area contributed by atoms with Crippen LogP contribution in [0.2, 0.25) is 5.02 Å². The predicted octanol–water partition coefficient (Wildman–Crippen LogP) is 8.74. The summed E-state index contributed by atoms with van der Waals surface area (Å²) in [6.45, 7) is 5.58. The van der Waals surface area contributed by atoms with Gasteiger partial charge in [0.15, 0.2) is 0 Å². The molecule has 7 heteroatoms. The van der Waals surface area contributed by atoms with Crippen LogP contribution in [0.25, 0.3) is 11.3 Å². The second-order valence-electron chi connectivity index (χ2n) is 8.10. The van der Waals surface area contributed by atoms with Gasteiger partial charge < -0.3 is 9.84 Å². The number of allylic oxidation sites excluding steroid dienone is 1. The number of hydrogen-bond acceptors (Lipinski definition) is 3. The number of halogens is 4. The lowest BCUT2D eigenvalue weighted by atomic mass is 10.1. The van der Waals surface area contributed by atoms with Crippen molar-refractivity contribution in [2.45, 2.75) is 51.3 Å². The van der Waals surface area contributed by atoms with E-state index in [4.69, 9.17) is 21.3 Å². The van der Waals surface area contributed by atoms with Crippen LogP contribution in [0.15, 0.2) is 73.0 Å². The normalized spacial score (nSPS) is 12.4. The van der Waals surface area contributed by atoms with Gasteiger partial charge in [-0.25, -0.2) is 4.98 Å². The van der Waals surface area contributed by atoms with E-state index in [1.54, 1.807) is 12.1 Å². The summed E-state index contributed by atoms with van der Waals surface area (Å²) in [5.41, 5.74) is 2.11. The molecule has 0 radical (unpaired) electrons. The van der Waals surface area contributed by atoms with Crippen molar-refractivity contribution >= 4 is 11.6 Å². The highest BCUT2D eigenvalue weighted by Crippen LogP contribution is 2.34. The number of aliphatic hydroxyl groups excluding tert-OH is 1. The Kier molecular flexibility index (Phi) is 8.61. The number of aliphatic hydroxyl groups is 1. The number of unbranched alkanes of at least 4 members (excludes halogenated alkanes) is 1. The molecule has 180 valence electrons. The number of alkyl halides is 3. The maximum absolute atomic E-state index is 12.9. The molecule has 1 unspecified atom stereocenters. The van der Waals surface area contributed by atoms with Crippen molar-refractivity contribution in [2.75, 3.05) is 0 Å². The van der Waals surface area contributed by atoms with Gasteiger partial charge in [-0.2, -0.15) is 13.2 Å². The van der Waals surface area contributed by atoms with E-state index in [1.165, 1.54) is 12.1 Å². The van der Waals surface area contributed by atoms with Gasteiger partial charge in [0.05, 0.1) is 27.7 Å². The molecule has 0 aliphatic carbocycles. The minimum Gasteiger partial charge on any atom is -0.513 e. The largest absolute Gasteiger partial charge is 0.513 e. The third kappa shape index (κ3) is 7.00. The zero-order valence-electron chi connectivity index (χ0n) is 18.9. The van der Waals surface area contributed by atoms with Gasteiger partial charge in [0.25, 0.3) is 0 Å². The Morgan fingerprint density at radius 2 is 1.85 bits per heavy atom. The van der Waals surface area contributed by atoms with Gasteiger partial charge in [-0.3, -0.25) is 0 Å². The van der Waals surface area contributed by atoms with Gasteiger partial charge >= 0.3 is 6.18 Å². The Hall–Kier alpha value is -2.99. The highest BCUT2D eigenvalue weighted by molar-refractivity contribution is 6.32. The van der Waals surface area contributed by atoms with Crippen LogP contribution in [0.4, 0.5) is 13.2 Å². The average molecular weight is 490 g/mol. The second kappa shape index (κ2) is 11.4. The van der Waals surface area contributed by atoms with E-state index in [0.717, 1.165) is 30.5 Å². The number of hydrogen-bond donors (Lipinski definition) is 1. The number of aryl methyl sites for hydroxylation is 1. The van der Waals surface area contributed by atoms with Crippen LogP contribution >= 0.6 is 11.6 Å². The quantitative estimate of drug-likeness (QED) is 0.289. The van der Waals surface area contributed by atoms with Crippen molar-refractivity contribution in [2.24, 2.45) is 0 Å². The van der Waals surface area contributed by atoms with Crippen LogP contribution in [-0.4, -0.2) is 10.1 Å². The molecule has 1 heterocycles. The fourth-order valence-electron chi connectivity index (χ4n) is 3.52. The predicted molar refractivity (Wildman–Crippen MR) is 129 cm³/mol. The Morgan fingerprint density at radius 3 is 2.47 bits per heavy atom. The van der Waals surface area contributed by atoms with E-state index in [1.807, 2.05) is 24.3 Å². The molecule has 1 N–H and O–H groups in total. The molecule has 0 saturated carbocycles. The zero-order valence-corrected chi connectivity index (χ0v) is 19.7. The monoisotopic (exact) mass is 489 g/mol. The second-order valence-corrected chi connectivity index (χ2v) is 8.51. The van der Waals surface area contributed by atoms with E-state index >= 15 is 0 Å². The molecule has 3 aromatic rings. The molecule has 0 aliphatic rings. The standard InChI is InChI=1S/C27H27ClF3NO2/c1-3-4-8-26(34-25-16-11-19(17-22(25)28)10-9-18(2)33)24-7-5-6-23(32-24)20-12-14-21(15-13-20)27(29,30)31/h5-7,11-17,26,33H,2-4,8-10H2,1H3.